The van der Waals surface area contributed by atoms with Gasteiger partial charge in [-0.2, -0.15) is 0 Å². The second-order valence-corrected chi connectivity index (χ2v) is 8.33. The smallest absolute Gasteiger partial charge is 0.396 e. The number of ether oxygens (including phenoxy) is 1. The van der Waals surface area contributed by atoms with Gasteiger partial charge in [-0.25, -0.2) is 0 Å². The van der Waals surface area contributed by atoms with E-state index in [9.17, 15) is 9.36 Å². The Morgan fingerprint density at radius 2 is 1.85 bits per heavy atom. The second-order valence-electron chi connectivity index (χ2n) is 5.50. The van der Waals surface area contributed by atoms with E-state index in [-0.39, 0.29) is 18.8 Å². The molecule has 0 aromatic heterocycles. The van der Waals surface area contributed by atoms with Crippen LogP contribution >= 0.6 is 19.4 Å². The molecular weight excluding hydrogens is 375 g/mol. The molecule has 0 fully saturated rings. The number of benzene rings is 2. The first-order valence-electron chi connectivity index (χ1n) is 8.04. The van der Waals surface area contributed by atoms with Crippen molar-refractivity contribution in [3.05, 3.63) is 59.2 Å². The van der Waals surface area contributed by atoms with Crippen molar-refractivity contribution in [2.24, 2.45) is 0 Å². The predicted octanol–water partition coefficient (Wildman–Crippen LogP) is 3.08. The van der Waals surface area contributed by atoms with Crippen LogP contribution in [0.5, 0.6) is 5.75 Å². The molecule has 6 nitrogen and oxygen atoms in total. The second kappa shape index (κ2) is 9.35. The first kappa shape index (κ1) is 20.7. The summed E-state index contributed by atoms with van der Waals surface area (Å²) in [6.45, 7) is 2.00. The SMILES string of the molecule is CCSc1ccc(Cc2cc(C(=O)P(=O)(O)O)ccc2OCCO)cc1. The van der Waals surface area contributed by atoms with Gasteiger partial charge in [0.05, 0.1) is 6.61 Å². The molecule has 0 spiro atoms. The molecule has 0 saturated carbocycles. The van der Waals surface area contributed by atoms with Gasteiger partial charge in [0.2, 0.25) is 0 Å². The highest BCUT2D eigenvalue weighted by molar-refractivity contribution is 7.99. The summed E-state index contributed by atoms with van der Waals surface area (Å²) in [6.07, 6.45) is 0.431. The Kier molecular flexibility index (Phi) is 7.43. The Morgan fingerprint density at radius 1 is 1.15 bits per heavy atom. The third-order valence-electron chi connectivity index (χ3n) is 3.55. The van der Waals surface area contributed by atoms with Gasteiger partial charge in [-0.05, 0) is 47.2 Å². The van der Waals surface area contributed by atoms with Gasteiger partial charge < -0.3 is 19.6 Å². The number of aliphatic hydroxyl groups excluding tert-OH is 1. The van der Waals surface area contributed by atoms with E-state index in [1.54, 1.807) is 11.8 Å². The van der Waals surface area contributed by atoms with E-state index in [4.69, 9.17) is 19.6 Å². The van der Waals surface area contributed by atoms with Crippen molar-refractivity contribution >= 4 is 24.9 Å². The number of hydrogen-bond donors (Lipinski definition) is 3. The average Bonchev–Trinajstić information content (AvgIpc) is 2.61. The zero-order valence-corrected chi connectivity index (χ0v) is 16.0. The van der Waals surface area contributed by atoms with Crippen LogP contribution in [-0.4, -0.2) is 39.4 Å². The average molecular weight is 396 g/mol. The van der Waals surface area contributed by atoms with Crippen molar-refractivity contribution in [1.82, 2.24) is 0 Å². The third-order valence-corrected chi connectivity index (χ3v) is 5.23. The van der Waals surface area contributed by atoms with Crippen LogP contribution in [0.25, 0.3) is 0 Å². The number of rotatable bonds is 9. The van der Waals surface area contributed by atoms with Gasteiger partial charge in [-0.15, -0.1) is 11.8 Å². The molecule has 26 heavy (non-hydrogen) atoms. The molecule has 0 bridgehead atoms. The minimum absolute atomic E-state index is 0.0668. The minimum Gasteiger partial charge on any atom is -0.491 e. The summed E-state index contributed by atoms with van der Waals surface area (Å²) in [5, 5.41) is 8.95. The van der Waals surface area contributed by atoms with Crippen LogP contribution < -0.4 is 4.74 Å². The van der Waals surface area contributed by atoms with E-state index in [1.165, 1.54) is 18.2 Å². The van der Waals surface area contributed by atoms with Gasteiger partial charge in [0, 0.05) is 16.9 Å². The van der Waals surface area contributed by atoms with Gasteiger partial charge in [-0.3, -0.25) is 9.36 Å². The van der Waals surface area contributed by atoms with Gasteiger partial charge in [0.25, 0.3) is 5.52 Å². The highest BCUT2D eigenvalue weighted by atomic mass is 32.2. The number of thioether (sulfide) groups is 1. The molecule has 0 atom stereocenters. The molecule has 2 aromatic rings. The maximum Gasteiger partial charge on any atom is 0.396 e. The lowest BCUT2D eigenvalue weighted by Gasteiger charge is -2.13. The summed E-state index contributed by atoms with van der Waals surface area (Å²) in [6, 6.07) is 12.2. The Labute approximate surface area is 156 Å². The molecule has 0 saturated heterocycles. The summed E-state index contributed by atoms with van der Waals surface area (Å²) in [4.78, 5) is 31.2. The fraction of sp³-hybridized carbons (Fsp3) is 0.278. The lowest BCUT2D eigenvalue weighted by molar-refractivity contribution is 0.104. The van der Waals surface area contributed by atoms with Crippen molar-refractivity contribution in [1.29, 1.82) is 0 Å². The fourth-order valence-corrected chi connectivity index (χ4v) is 3.54. The van der Waals surface area contributed by atoms with Gasteiger partial charge >= 0.3 is 7.60 Å². The summed E-state index contributed by atoms with van der Waals surface area (Å²) in [5.41, 5.74) is 0.304. The molecule has 0 radical (unpaired) electrons. The Morgan fingerprint density at radius 3 is 2.42 bits per heavy atom. The molecule has 0 aliphatic heterocycles. The largest absolute Gasteiger partial charge is 0.491 e. The van der Waals surface area contributed by atoms with Crippen LogP contribution in [0.1, 0.15) is 28.4 Å². The summed E-state index contributed by atoms with van der Waals surface area (Å²) >= 11 is 1.73. The monoisotopic (exact) mass is 396 g/mol. The van der Waals surface area contributed by atoms with E-state index in [0.717, 1.165) is 16.2 Å². The van der Waals surface area contributed by atoms with Crippen LogP contribution in [0, 0.1) is 0 Å². The van der Waals surface area contributed by atoms with E-state index in [1.807, 2.05) is 24.3 Å². The van der Waals surface area contributed by atoms with Crippen LogP contribution in [-0.2, 0) is 11.0 Å². The fourth-order valence-electron chi connectivity index (χ4n) is 2.41. The molecule has 0 aliphatic rings. The van der Waals surface area contributed by atoms with Crippen LogP contribution in [0.3, 0.4) is 0 Å². The first-order valence-corrected chi connectivity index (χ1v) is 10.6. The summed E-state index contributed by atoms with van der Waals surface area (Å²) in [5.74, 6) is 1.44. The molecule has 0 aliphatic carbocycles. The number of carbonyl (C=O) groups excluding carboxylic acids is 1. The highest BCUT2D eigenvalue weighted by Crippen LogP contribution is 2.40. The van der Waals surface area contributed by atoms with Crippen molar-refractivity contribution in [3.8, 4) is 5.75 Å². The zero-order chi connectivity index (χ0) is 19.2. The third kappa shape index (κ3) is 5.69. The molecule has 140 valence electrons. The number of aliphatic hydroxyl groups is 1. The topological polar surface area (TPSA) is 104 Å². The van der Waals surface area contributed by atoms with E-state index >= 15 is 0 Å². The van der Waals surface area contributed by atoms with Crippen LogP contribution in [0.4, 0.5) is 0 Å². The number of carbonyl (C=O) groups is 1. The van der Waals surface area contributed by atoms with Crippen LogP contribution in [0.15, 0.2) is 47.4 Å². The Balaban J connectivity index is 2.32. The lowest BCUT2D eigenvalue weighted by Crippen LogP contribution is -2.06. The van der Waals surface area contributed by atoms with Crippen molar-refractivity contribution in [2.75, 3.05) is 19.0 Å². The van der Waals surface area contributed by atoms with Crippen molar-refractivity contribution in [3.63, 3.8) is 0 Å². The Bertz CT molecular complexity index is 800. The normalized spacial score (nSPS) is 11.4. The van der Waals surface area contributed by atoms with Gasteiger partial charge in [0.1, 0.15) is 12.4 Å². The molecule has 8 heteroatoms. The number of hydrogen-bond acceptors (Lipinski definition) is 5. The van der Waals surface area contributed by atoms with Crippen molar-refractivity contribution in [2.45, 2.75) is 18.2 Å². The molecular formula is C18H21O6PS. The van der Waals surface area contributed by atoms with E-state index < -0.39 is 13.1 Å². The van der Waals surface area contributed by atoms with Crippen LogP contribution in [0.2, 0.25) is 0 Å². The molecule has 2 aromatic carbocycles. The van der Waals surface area contributed by atoms with Gasteiger partial charge in [0.15, 0.2) is 0 Å². The first-order chi connectivity index (χ1) is 12.3. The summed E-state index contributed by atoms with van der Waals surface area (Å²) < 4.78 is 16.7. The quantitative estimate of drug-likeness (QED) is 0.442. The maximum atomic E-state index is 11.9. The Hall–Kier alpha value is -1.63. The molecule has 2 rings (SSSR count). The van der Waals surface area contributed by atoms with Gasteiger partial charge in [-0.1, -0.05) is 19.1 Å². The molecule has 0 unspecified atom stereocenters. The standard InChI is InChI=1S/C18H21O6PS/c1-2-26-16-6-3-13(4-7-16)11-15-12-14(18(20)25(21,22)23)5-8-17(15)24-10-9-19/h3-8,12,19H,2,9-11H2,1H3,(H2,21,22,23). The molecule has 0 heterocycles. The van der Waals surface area contributed by atoms with E-state index in [2.05, 4.69) is 6.92 Å². The molecule has 0 amide bonds. The van der Waals surface area contributed by atoms with E-state index in [0.29, 0.717) is 17.7 Å². The predicted molar refractivity (Wildman–Crippen MR) is 101 cm³/mol. The lowest BCUT2D eigenvalue weighted by atomic mass is 10.0. The minimum atomic E-state index is -4.85. The molecule has 3 N–H and O–H groups in total. The highest BCUT2D eigenvalue weighted by Gasteiger charge is 2.27. The maximum absolute atomic E-state index is 11.9. The zero-order valence-electron chi connectivity index (χ0n) is 14.3. The van der Waals surface area contributed by atoms with Crippen molar-refractivity contribution < 1.29 is 29.0 Å². The summed E-state index contributed by atoms with van der Waals surface area (Å²) in [7, 11) is -4.85.